The summed E-state index contributed by atoms with van der Waals surface area (Å²) in [6, 6.07) is 4.56. The van der Waals surface area contributed by atoms with Gasteiger partial charge >= 0.3 is 5.97 Å². The summed E-state index contributed by atoms with van der Waals surface area (Å²) in [5.41, 5.74) is 1.08. The Kier molecular flexibility index (Phi) is 7.50. The lowest BCUT2D eigenvalue weighted by atomic mass is 10.1. The Hall–Kier alpha value is -2.30. The Balaban J connectivity index is 1.96. The molecule has 0 fully saturated rings. The highest BCUT2D eigenvalue weighted by Gasteiger charge is 2.23. The highest BCUT2D eigenvalue weighted by molar-refractivity contribution is 7.89. The minimum atomic E-state index is -3.76. The standard InChI is InChI=1S/C19H23FN2O5S2/c1-12-13(2)28-18(17(12)19(24)27-4)21-16(23)6-5-11-22(3)29(25,26)15-9-7-14(20)8-10-15/h7-10H,5-6,11H2,1-4H3,(H,21,23). The topological polar surface area (TPSA) is 92.8 Å². The second-order valence-corrected chi connectivity index (χ2v) is 9.68. The zero-order valence-corrected chi connectivity index (χ0v) is 18.2. The van der Waals surface area contributed by atoms with Gasteiger partial charge < -0.3 is 10.1 Å². The molecule has 0 spiro atoms. The Morgan fingerprint density at radius 3 is 2.41 bits per heavy atom. The normalized spacial score (nSPS) is 11.5. The third-order valence-corrected chi connectivity index (χ3v) is 7.42. The summed E-state index contributed by atoms with van der Waals surface area (Å²) in [5, 5.41) is 3.13. The lowest BCUT2D eigenvalue weighted by molar-refractivity contribution is -0.116. The van der Waals surface area contributed by atoms with Crippen LogP contribution < -0.4 is 5.32 Å². The smallest absolute Gasteiger partial charge is 0.341 e. The molecule has 1 heterocycles. The molecule has 0 aliphatic heterocycles. The number of hydrogen-bond donors (Lipinski definition) is 1. The van der Waals surface area contributed by atoms with Crippen LogP contribution in [0.15, 0.2) is 29.2 Å². The second-order valence-electron chi connectivity index (χ2n) is 6.41. The predicted octanol–water partition coefficient (Wildman–Crippen LogP) is 3.33. The number of nitrogens with one attached hydrogen (secondary N) is 1. The second kappa shape index (κ2) is 9.47. The van der Waals surface area contributed by atoms with Gasteiger partial charge in [-0.3, -0.25) is 4.79 Å². The molecule has 0 atom stereocenters. The van der Waals surface area contributed by atoms with E-state index < -0.39 is 21.8 Å². The largest absolute Gasteiger partial charge is 0.465 e. The van der Waals surface area contributed by atoms with Crippen molar-refractivity contribution in [2.45, 2.75) is 31.6 Å². The molecular formula is C19H23FN2O5S2. The molecule has 7 nitrogen and oxygen atoms in total. The van der Waals surface area contributed by atoms with Gasteiger partial charge in [-0.15, -0.1) is 11.3 Å². The number of hydrogen-bond acceptors (Lipinski definition) is 6. The van der Waals surface area contributed by atoms with Gasteiger partial charge in [0.2, 0.25) is 15.9 Å². The van der Waals surface area contributed by atoms with Crippen LogP contribution in [0, 0.1) is 19.7 Å². The zero-order chi connectivity index (χ0) is 21.8. The SMILES string of the molecule is COC(=O)c1c(NC(=O)CCCN(C)S(=O)(=O)c2ccc(F)cc2)sc(C)c1C. The molecule has 1 aromatic heterocycles. The number of sulfonamides is 1. The van der Waals surface area contributed by atoms with Crippen LogP contribution in [0.25, 0.3) is 0 Å². The number of nitrogens with zero attached hydrogens (tertiary/aromatic N) is 1. The van der Waals surface area contributed by atoms with Gasteiger partial charge in [-0.25, -0.2) is 21.9 Å². The summed E-state index contributed by atoms with van der Waals surface area (Å²) in [6.45, 7) is 3.74. The van der Waals surface area contributed by atoms with Gasteiger partial charge in [-0.1, -0.05) is 0 Å². The fraction of sp³-hybridized carbons (Fsp3) is 0.368. The molecule has 2 aromatic rings. The number of esters is 1. The van der Waals surface area contributed by atoms with Crippen molar-refractivity contribution in [2.75, 3.05) is 26.0 Å². The molecule has 0 unspecified atom stereocenters. The number of ether oxygens (including phenoxy) is 1. The van der Waals surface area contributed by atoms with Crippen molar-refractivity contribution in [3.8, 4) is 0 Å². The maximum Gasteiger partial charge on any atom is 0.341 e. The molecule has 29 heavy (non-hydrogen) atoms. The third-order valence-electron chi connectivity index (χ3n) is 4.43. The number of halogens is 1. The van der Waals surface area contributed by atoms with E-state index in [0.29, 0.717) is 10.6 Å². The van der Waals surface area contributed by atoms with Gasteiger partial charge in [0.05, 0.1) is 17.6 Å². The van der Waals surface area contributed by atoms with Crippen LogP contribution in [0.1, 0.15) is 33.6 Å². The fourth-order valence-corrected chi connectivity index (χ4v) is 4.90. The summed E-state index contributed by atoms with van der Waals surface area (Å²) >= 11 is 1.29. The molecule has 1 amide bonds. The molecule has 0 saturated carbocycles. The quantitative estimate of drug-likeness (QED) is 0.633. The van der Waals surface area contributed by atoms with Crippen LogP contribution in [0.2, 0.25) is 0 Å². The van der Waals surface area contributed by atoms with E-state index in [1.54, 1.807) is 6.92 Å². The average Bonchev–Trinajstić information content (AvgIpc) is 2.94. The van der Waals surface area contributed by atoms with E-state index >= 15 is 0 Å². The number of aryl methyl sites for hydroxylation is 1. The Morgan fingerprint density at radius 2 is 1.83 bits per heavy atom. The van der Waals surface area contributed by atoms with E-state index in [9.17, 15) is 22.4 Å². The number of methoxy groups -OCH3 is 1. The number of rotatable bonds is 8. The van der Waals surface area contributed by atoms with E-state index in [1.807, 2.05) is 6.92 Å². The highest BCUT2D eigenvalue weighted by Crippen LogP contribution is 2.33. The Morgan fingerprint density at radius 1 is 1.21 bits per heavy atom. The first-order valence-corrected chi connectivity index (χ1v) is 11.0. The van der Waals surface area contributed by atoms with Crippen LogP contribution in [-0.2, 0) is 19.6 Å². The Labute approximate surface area is 173 Å². The number of benzene rings is 1. The van der Waals surface area contributed by atoms with Gasteiger partial charge in [0.15, 0.2) is 0 Å². The zero-order valence-electron chi connectivity index (χ0n) is 16.6. The maximum absolute atomic E-state index is 13.0. The lowest BCUT2D eigenvalue weighted by Gasteiger charge is -2.17. The van der Waals surface area contributed by atoms with Crippen molar-refractivity contribution in [1.29, 1.82) is 0 Å². The van der Waals surface area contributed by atoms with Crippen LogP contribution in [0.4, 0.5) is 9.39 Å². The molecule has 0 bridgehead atoms. The molecule has 158 valence electrons. The first kappa shape index (κ1) is 23.0. The van der Waals surface area contributed by atoms with Crippen LogP contribution >= 0.6 is 11.3 Å². The van der Waals surface area contributed by atoms with E-state index in [-0.39, 0.29) is 30.2 Å². The van der Waals surface area contributed by atoms with Crippen molar-refractivity contribution in [3.63, 3.8) is 0 Å². The van der Waals surface area contributed by atoms with E-state index in [0.717, 1.165) is 26.9 Å². The van der Waals surface area contributed by atoms with Crippen LogP contribution in [0.3, 0.4) is 0 Å². The van der Waals surface area contributed by atoms with E-state index in [4.69, 9.17) is 4.74 Å². The van der Waals surface area contributed by atoms with Gasteiger partial charge in [-0.05, 0) is 50.1 Å². The number of carbonyl (C=O) groups is 2. The minimum absolute atomic E-state index is 0.0156. The van der Waals surface area contributed by atoms with Crippen LogP contribution in [0.5, 0.6) is 0 Å². The molecule has 1 aromatic carbocycles. The van der Waals surface area contributed by atoms with E-state index in [1.165, 1.54) is 37.6 Å². The summed E-state index contributed by atoms with van der Waals surface area (Å²) in [5.74, 6) is -1.37. The molecule has 0 aliphatic rings. The molecule has 0 saturated heterocycles. The summed E-state index contributed by atoms with van der Waals surface area (Å²) in [4.78, 5) is 25.1. The van der Waals surface area contributed by atoms with Gasteiger partial charge in [0.25, 0.3) is 0 Å². The fourth-order valence-electron chi connectivity index (χ4n) is 2.62. The highest BCUT2D eigenvalue weighted by atomic mass is 32.2. The van der Waals surface area contributed by atoms with Crippen molar-refractivity contribution >= 4 is 38.2 Å². The first-order valence-electron chi connectivity index (χ1n) is 8.78. The van der Waals surface area contributed by atoms with Gasteiger partial charge in [-0.2, -0.15) is 0 Å². The number of carbonyl (C=O) groups excluding carboxylic acids is 2. The molecule has 2 rings (SSSR count). The van der Waals surface area contributed by atoms with Gasteiger partial charge in [0, 0.05) is 24.9 Å². The minimum Gasteiger partial charge on any atom is -0.465 e. The van der Waals surface area contributed by atoms with E-state index in [2.05, 4.69) is 5.32 Å². The molecule has 0 radical (unpaired) electrons. The summed E-state index contributed by atoms with van der Waals surface area (Å²) in [7, 11) is -1.08. The number of amides is 1. The molecule has 1 N–H and O–H groups in total. The number of anilines is 1. The summed E-state index contributed by atoms with van der Waals surface area (Å²) < 4.78 is 43.8. The summed E-state index contributed by atoms with van der Waals surface area (Å²) in [6.07, 6.45) is 0.347. The molecule has 0 aliphatic carbocycles. The lowest BCUT2D eigenvalue weighted by Crippen LogP contribution is -2.28. The predicted molar refractivity (Wildman–Crippen MR) is 109 cm³/mol. The van der Waals surface area contributed by atoms with Gasteiger partial charge in [0.1, 0.15) is 10.8 Å². The maximum atomic E-state index is 13.0. The first-order chi connectivity index (χ1) is 13.6. The third kappa shape index (κ3) is 5.40. The molecular weight excluding hydrogens is 419 g/mol. The van der Waals surface area contributed by atoms with Crippen LogP contribution in [-0.4, -0.2) is 45.3 Å². The monoisotopic (exact) mass is 442 g/mol. The number of thiophene rings is 1. The van der Waals surface area contributed by atoms with Crippen molar-refractivity contribution in [2.24, 2.45) is 0 Å². The van der Waals surface area contributed by atoms with Crippen molar-refractivity contribution in [3.05, 3.63) is 46.1 Å². The van der Waals surface area contributed by atoms with Crippen molar-refractivity contribution in [1.82, 2.24) is 4.31 Å². The average molecular weight is 443 g/mol. The molecule has 10 heteroatoms. The van der Waals surface area contributed by atoms with Crippen molar-refractivity contribution < 1.29 is 27.1 Å². The Bertz CT molecular complexity index is 1000.